The van der Waals surface area contributed by atoms with Crippen LogP contribution in [0.2, 0.25) is 0 Å². The van der Waals surface area contributed by atoms with Crippen LogP contribution in [0.25, 0.3) is 0 Å². The van der Waals surface area contributed by atoms with E-state index >= 15 is 0 Å². The normalized spacial score (nSPS) is 18.7. The minimum Gasteiger partial charge on any atom is -0.398 e. The second-order valence-corrected chi connectivity index (χ2v) is 4.06. The summed E-state index contributed by atoms with van der Waals surface area (Å²) in [6.07, 6.45) is 2.13. The Kier molecular flexibility index (Phi) is 2.39. The highest BCUT2D eigenvalue weighted by molar-refractivity contribution is 5.94. The van der Waals surface area contributed by atoms with Gasteiger partial charge >= 0.3 is 0 Å². The van der Waals surface area contributed by atoms with Crippen LogP contribution in [0.3, 0.4) is 0 Å². The predicted octanol–water partition coefficient (Wildman–Crippen LogP) is 1.95. The van der Waals surface area contributed by atoms with Gasteiger partial charge in [-0.1, -0.05) is 29.4 Å². The molecule has 0 radical (unpaired) electrons. The number of aryl methyl sites for hydroxylation is 1. The highest BCUT2D eigenvalue weighted by atomic mass is 16.6. The maximum Gasteiger partial charge on any atom is 0.150 e. The van der Waals surface area contributed by atoms with Gasteiger partial charge in [0.2, 0.25) is 0 Å². The summed E-state index contributed by atoms with van der Waals surface area (Å²) >= 11 is 0. The second kappa shape index (κ2) is 3.57. The van der Waals surface area contributed by atoms with Crippen LogP contribution in [0, 0.1) is 6.92 Å². The number of rotatable bonds is 3. The molecule has 1 aromatic carbocycles. The number of nitrogens with zero attached hydrogens (tertiary/aromatic N) is 1. The van der Waals surface area contributed by atoms with Crippen molar-refractivity contribution in [2.45, 2.75) is 25.2 Å². The Bertz CT molecular complexity index is 394. The van der Waals surface area contributed by atoms with E-state index in [4.69, 9.17) is 10.6 Å². The Hall–Kier alpha value is -1.51. The first-order chi connectivity index (χ1) is 7.20. The molecule has 0 spiro atoms. The molecule has 1 aromatic rings. The van der Waals surface area contributed by atoms with Crippen LogP contribution in [0.5, 0.6) is 0 Å². The van der Waals surface area contributed by atoms with Crippen molar-refractivity contribution >= 4 is 5.84 Å². The SMILES string of the molecule is CO/N=C(\N)C1(c2ccccc2C)CC1. The van der Waals surface area contributed by atoms with Crippen molar-refractivity contribution in [3.8, 4) is 0 Å². The van der Waals surface area contributed by atoms with Crippen molar-refractivity contribution in [1.82, 2.24) is 0 Å². The minimum absolute atomic E-state index is 0.0542. The number of oxime groups is 1. The van der Waals surface area contributed by atoms with Gasteiger partial charge in [0.15, 0.2) is 0 Å². The van der Waals surface area contributed by atoms with E-state index in [1.807, 2.05) is 12.1 Å². The average Bonchev–Trinajstić information content (AvgIpc) is 3.00. The Balaban J connectivity index is 2.39. The second-order valence-electron chi connectivity index (χ2n) is 4.06. The third-order valence-electron chi connectivity index (χ3n) is 3.09. The molecule has 1 fully saturated rings. The van der Waals surface area contributed by atoms with Gasteiger partial charge in [0, 0.05) is 0 Å². The molecule has 0 amide bonds. The smallest absolute Gasteiger partial charge is 0.150 e. The van der Waals surface area contributed by atoms with Crippen molar-refractivity contribution in [1.29, 1.82) is 0 Å². The van der Waals surface area contributed by atoms with Gasteiger partial charge in [-0.05, 0) is 30.9 Å². The molecule has 0 aromatic heterocycles. The highest BCUT2D eigenvalue weighted by Gasteiger charge is 2.49. The largest absolute Gasteiger partial charge is 0.398 e. The fourth-order valence-corrected chi connectivity index (χ4v) is 2.08. The lowest BCUT2D eigenvalue weighted by molar-refractivity contribution is 0.211. The lowest BCUT2D eigenvalue weighted by Gasteiger charge is -2.16. The van der Waals surface area contributed by atoms with Crippen molar-refractivity contribution in [2.24, 2.45) is 10.9 Å². The van der Waals surface area contributed by atoms with E-state index < -0.39 is 0 Å². The molecule has 3 heteroatoms. The van der Waals surface area contributed by atoms with Gasteiger partial charge in [0.25, 0.3) is 0 Å². The maximum absolute atomic E-state index is 5.95. The Morgan fingerprint density at radius 1 is 1.40 bits per heavy atom. The van der Waals surface area contributed by atoms with E-state index in [9.17, 15) is 0 Å². The monoisotopic (exact) mass is 204 g/mol. The molecule has 1 aliphatic rings. The van der Waals surface area contributed by atoms with Gasteiger partial charge < -0.3 is 10.6 Å². The third-order valence-corrected chi connectivity index (χ3v) is 3.09. The van der Waals surface area contributed by atoms with Crippen molar-refractivity contribution < 1.29 is 4.84 Å². The quantitative estimate of drug-likeness (QED) is 0.464. The number of hydrogen-bond donors (Lipinski definition) is 1. The lowest BCUT2D eigenvalue weighted by atomic mass is 9.91. The Labute approximate surface area is 89.9 Å². The number of benzene rings is 1. The van der Waals surface area contributed by atoms with Gasteiger partial charge in [-0.25, -0.2) is 0 Å². The summed E-state index contributed by atoms with van der Waals surface area (Å²) in [5.41, 5.74) is 8.44. The van der Waals surface area contributed by atoms with E-state index in [2.05, 4.69) is 24.2 Å². The first-order valence-corrected chi connectivity index (χ1v) is 5.14. The maximum atomic E-state index is 5.95. The van der Waals surface area contributed by atoms with Gasteiger partial charge in [0.1, 0.15) is 12.9 Å². The fourth-order valence-electron chi connectivity index (χ4n) is 2.08. The molecular weight excluding hydrogens is 188 g/mol. The predicted molar refractivity (Wildman–Crippen MR) is 60.7 cm³/mol. The first kappa shape index (κ1) is 10.0. The molecule has 0 aliphatic heterocycles. The Morgan fingerprint density at radius 2 is 2.07 bits per heavy atom. The zero-order chi connectivity index (χ0) is 10.9. The van der Waals surface area contributed by atoms with Crippen LogP contribution >= 0.6 is 0 Å². The molecule has 1 aliphatic carbocycles. The molecule has 0 atom stereocenters. The van der Waals surface area contributed by atoms with Crippen LogP contribution in [0.4, 0.5) is 0 Å². The number of hydrogen-bond acceptors (Lipinski definition) is 2. The van der Waals surface area contributed by atoms with E-state index in [1.54, 1.807) is 0 Å². The number of amidine groups is 1. The molecule has 2 N–H and O–H groups in total. The molecule has 15 heavy (non-hydrogen) atoms. The molecule has 0 saturated heterocycles. The fraction of sp³-hybridized carbons (Fsp3) is 0.417. The standard InChI is InChI=1S/C12H16N2O/c1-9-5-3-4-6-10(9)12(7-8-12)11(13)14-15-2/h3-6H,7-8H2,1-2H3,(H2,13,14). The summed E-state index contributed by atoms with van der Waals surface area (Å²) in [5, 5.41) is 3.87. The van der Waals surface area contributed by atoms with Crippen molar-refractivity contribution in [3.05, 3.63) is 35.4 Å². The topological polar surface area (TPSA) is 47.6 Å². The zero-order valence-electron chi connectivity index (χ0n) is 9.16. The third kappa shape index (κ3) is 1.58. The van der Waals surface area contributed by atoms with E-state index in [-0.39, 0.29) is 5.41 Å². The van der Waals surface area contributed by atoms with E-state index in [0.717, 1.165) is 12.8 Å². The molecular formula is C12H16N2O. The number of nitrogens with two attached hydrogens (primary N) is 1. The molecule has 0 heterocycles. The van der Waals surface area contributed by atoms with Gasteiger partial charge in [-0.2, -0.15) is 0 Å². The van der Waals surface area contributed by atoms with Crippen molar-refractivity contribution in [3.63, 3.8) is 0 Å². The van der Waals surface area contributed by atoms with Crippen molar-refractivity contribution in [2.75, 3.05) is 7.11 Å². The van der Waals surface area contributed by atoms with Crippen LogP contribution in [-0.2, 0) is 10.3 Å². The Morgan fingerprint density at radius 3 is 2.60 bits per heavy atom. The van der Waals surface area contributed by atoms with Gasteiger partial charge in [0.05, 0.1) is 5.41 Å². The molecule has 0 unspecified atom stereocenters. The average molecular weight is 204 g/mol. The summed E-state index contributed by atoms with van der Waals surface area (Å²) in [7, 11) is 1.53. The first-order valence-electron chi connectivity index (χ1n) is 5.14. The summed E-state index contributed by atoms with van der Waals surface area (Å²) < 4.78 is 0. The molecule has 80 valence electrons. The van der Waals surface area contributed by atoms with Crippen LogP contribution in [0.1, 0.15) is 24.0 Å². The molecule has 2 rings (SSSR count). The lowest BCUT2D eigenvalue weighted by Crippen LogP contribution is -2.29. The zero-order valence-corrected chi connectivity index (χ0v) is 9.16. The molecule has 3 nitrogen and oxygen atoms in total. The van der Waals surface area contributed by atoms with E-state index in [1.165, 1.54) is 18.2 Å². The highest BCUT2D eigenvalue weighted by Crippen LogP contribution is 2.49. The summed E-state index contributed by atoms with van der Waals surface area (Å²) in [6, 6.07) is 8.32. The molecule has 0 bridgehead atoms. The summed E-state index contributed by atoms with van der Waals surface area (Å²) in [5.74, 6) is 0.597. The summed E-state index contributed by atoms with van der Waals surface area (Å²) in [4.78, 5) is 4.75. The van der Waals surface area contributed by atoms with Gasteiger partial charge in [-0.15, -0.1) is 0 Å². The van der Waals surface area contributed by atoms with Gasteiger partial charge in [-0.3, -0.25) is 0 Å². The minimum atomic E-state index is -0.0542. The van der Waals surface area contributed by atoms with E-state index in [0.29, 0.717) is 5.84 Å². The van der Waals surface area contributed by atoms with Crippen LogP contribution in [0.15, 0.2) is 29.4 Å². The molecule has 1 saturated carbocycles. The summed E-state index contributed by atoms with van der Waals surface area (Å²) in [6.45, 7) is 2.11. The van der Waals surface area contributed by atoms with Crippen LogP contribution in [-0.4, -0.2) is 12.9 Å². The van der Waals surface area contributed by atoms with Crippen LogP contribution < -0.4 is 5.73 Å².